The maximum Gasteiger partial charge on any atom is 0.420 e. The Kier molecular flexibility index (Phi) is 6.07. The Hall–Kier alpha value is -1.89. The standard InChI is InChI=1S/C23H28F5NO/c1-4-22(24,25)15-6-9-17(10-7-15)30-19-12-5-14-13-16(21(2,3)29)8-11-18(14)20(19)23(26,27)28/h5,8,11-13,15,17H,4,6-7,9-10,29H2,1-3H3/t15-,17-. The molecule has 0 aliphatic heterocycles. The first-order valence-electron chi connectivity index (χ1n) is 10.3. The molecule has 7 heteroatoms. The Bertz CT molecular complexity index is 893. The lowest BCUT2D eigenvalue weighted by Gasteiger charge is -2.33. The van der Waals surface area contributed by atoms with Crippen LogP contribution in [0.1, 0.15) is 64.0 Å². The zero-order chi connectivity index (χ0) is 22.3. The lowest BCUT2D eigenvalue weighted by atomic mass is 9.82. The van der Waals surface area contributed by atoms with Crippen LogP contribution in [0.25, 0.3) is 10.8 Å². The number of hydrogen-bond donors (Lipinski definition) is 1. The molecule has 1 aliphatic rings. The number of rotatable bonds is 5. The quantitative estimate of drug-likeness (QED) is 0.518. The minimum atomic E-state index is -4.61. The molecule has 0 bridgehead atoms. The van der Waals surface area contributed by atoms with E-state index < -0.39 is 35.2 Å². The summed E-state index contributed by atoms with van der Waals surface area (Å²) in [5, 5.41) is 0.469. The second kappa shape index (κ2) is 7.98. The van der Waals surface area contributed by atoms with Crippen molar-refractivity contribution in [1.29, 1.82) is 0 Å². The van der Waals surface area contributed by atoms with Crippen LogP contribution in [-0.2, 0) is 11.7 Å². The molecule has 166 valence electrons. The molecule has 3 rings (SSSR count). The second-order valence-electron chi connectivity index (χ2n) is 8.80. The average molecular weight is 429 g/mol. The highest BCUT2D eigenvalue weighted by Gasteiger charge is 2.41. The number of alkyl halides is 5. The number of ether oxygens (including phenoxy) is 1. The van der Waals surface area contributed by atoms with E-state index in [1.807, 2.05) is 0 Å². The smallest absolute Gasteiger partial charge is 0.420 e. The van der Waals surface area contributed by atoms with Gasteiger partial charge < -0.3 is 10.5 Å². The van der Waals surface area contributed by atoms with E-state index in [0.717, 1.165) is 5.56 Å². The maximum atomic E-state index is 13.9. The van der Waals surface area contributed by atoms with Gasteiger partial charge in [0.15, 0.2) is 0 Å². The summed E-state index contributed by atoms with van der Waals surface area (Å²) in [5.41, 5.74) is 5.29. The maximum absolute atomic E-state index is 13.9. The zero-order valence-corrected chi connectivity index (χ0v) is 17.5. The lowest BCUT2D eigenvalue weighted by Crippen LogP contribution is -2.34. The fourth-order valence-corrected chi connectivity index (χ4v) is 4.17. The molecule has 2 aromatic carbocycles. The fourth-order valence-electron chi connectivity index (χ4n) is 4.17. The van der Waals surface area contributed by atoms with Crippen molar-refractivity contribution in [3.63, 3.8) is 0 Å². The summed E-state index contributed by atoms with van der Waals surface area (Å²) in [6.07, 6.45) is -4.22. The molecule has 0 amide bonds. The minimum absolute atomic E-state index is 0.0409. The summed E-state index contributed by atoms with van der Waals surface area (Å²) in [5.74, 6) is -3.72. The van der Waals surface area contributed by atoms with Crippen LogP contribution in [0.5, 0.6) is 5.75 Å². The van der Waals surface area contributed by atoms with Crippen LogP contribution in [0.15, 0.2) is 30.3 Å². The van der Waals surface area contributed by atoms with E-state index in [4.69, 9.17) is 10.5 Å². The highest BCUT2D eigenvalue weighted by Crippen LogP contribution is 2.44. The second-order valence-corrected chi connectivity index (χ2v) is 8.80. The Morgan fingerprint density at radius 2 is 1.60 bits per heavy atom. The van der Waals surface area contributed by atoms with E-state index in [-0.39, 0.29) is 30.4 Å². The third-order valence-corrected chi connectivity index (χ3v) is 6.05. The minimum Gasteiger partial charge on any atom is -0.490 e. The molecule has 0 aromatic heterocycles. The van der Waals surface area contributed by atoms with Crippen LogP contribution < -0.4 is 10.5 Å². The predicted octanol–water partition coefficient (Wildman–Crippen LogP) is 7.04. The molecule has 2 N–H and O–H groups in total. The molecule has 1 fully saturated rings. The zero-order valence-electron chi connectivity index (χ0n) is 17.5. The van der Waals surface area contributed by atoms with Gasteiger partial charge in [-0.15, -0.1) is 0 Å². The first-order valence-corrected chi connectivity index (χ1v) is 10.3. The number of halogens is 5. The van der Waals surface area contributed by atoms with Crippen LogP contribution in [0, 0.1) is 5.92 Å². The fraction of sp³-hybridized carbons (Fsp3) is 0.565. The molecule has 0 spiro atoms. The van der Waals surface area contributed by atoms with Gasteiger partial charge in [0.05, 0.1) is 6.10 Å². The van der Waals surface area contributed by atoms with Gasteiger partial charge in [0.1, 0.15) is 11.3 Å². The molecule has 0 radical (unpaired) electrons. The summed E-state index contributed by atoms with van der Waals surface area (Å²) in [4.78, 5) is 0. The largest absolute Gasteiger partial charge is 0.490 e. The molecular weight excluding hydrogens is 401 g/mol. The van der Waals surface area contributed by atoms with Crippen LogP contribution in [0.2, 0.25) is 0 Å². The lowest BCUT2D eigenvalue weighted by molar-refractivity contribution is -0.138. The van der Waals surface area contributed by atoms with Crippen molar-refractivity contribution >= 4 is 10.8 Å². The molecule has 0 heterocycles. The van der Waals surface area contributed by atoms with Gasteiger partial charge in [-0.2, -0.15) is 13.2 Å². The summed E-state index contributed by atoms with van der Waals surface area (Å²) in [7, 11) is 0. The third-order valence-electron chi connectivity index (χ3n) is 6.05. The Morgan fingerprint density at radius 1 is 0.967 bits per heavy atom. The number of benzene rings is 2. The van der Waals surface area contributed by atoms with Gasteiger partial charge in [0, 0.05) is 17.9 Å². The van der Waals surface area contributed by atoms with Gasteiger partial charge in [0.25, 0.3) is 5.92 Å². The van der Waals surface area contributed by atoms with E-state index >= 15 is 0 Å². The SMILES string of the molecule is CCC(F)(F)[C@H]1CC[C@H](Oc2ccc3cc(C(C)(C)N)ccc3c2C(F)(F)F)CC1. The molecule has 0 unspecified atom stereocenters. The van der Waals surface area contributed by atoms with E-state index in [9.17, 15) is 22.0 Å². The third kappa shape index (κ3) is 4.71. The first-order chi connectivity index (χ1) is 13.8. The average Bonchev–Trinajstić information content (AvgIpc) is 2.66. The summed E-state index contributed by atoms with van der Waals surface area (Å²) >= 11 is 0. The highest BCUT2D eigenvalue weighted by molar-refractivity contribution is 5.89. The van der Waals surface area contributed by atoms with Crippen molar-refractivity contribution in [3.8, 4) is 5.75 Å². The normalized spacial score (nSPS) is 21.1. The molecule has 1 aliphatic carbocycles. The van der Waals surface area contributed by atoms with Crippen molar-refractivity contribution in [2.24, 2.45) is 11.7 Å². The molecule has 2 nitrogen and oxygen atoms in total. The molecular formula is C23H28F5NO. The topological polar surface area (TPSA) is 35.2 Å². The Labute approximate surface area is 173 Å². The van der Waals surface area contributed by atoms with Crippen molar-refractivity contribution in [2.75, 3.05) is 0 Å². The summed E-state index contributed by atoms with van der Waals surface area (Å²) in [6, 6.07) is 7.59. The van der Waals surface area contributed by atoms with E-state index in [1.54, 1.807) is 32.0 Å². The van der Waals surface area contributed by atoms with Gasteiger partial charge >= 0.3 is 6.18 Å². The number of hydrogen-bond acceptors (Lipinski definition) is 2. The van der Waals surface area contributed by atoms with Gasteiger partial charge in [-0.3, -0.25) is 0 Å². The Morgan fingerprint density at radius 3 is 2.13 bits per heavy atom. The monoisotopic (exact) mass is 429 g/mol. The first kappa shape index (κ1) is 22.8. The van der Waals surface area contributed by atoms with Crippen LogP contribution in [0.3, 0.4) is 0 Å². The van der Waals surface area contributed by atoms with Crippen molar-refractivity contribution in [3.05, 3.63) is 41.5 Å². The van der Waals surface area contributed by atoms with Gasteiger partial charge in [0.2, 0.25) is 0 Å². The highest BCUT2D eigenvalue weighted by atomic mass is 19.4. The van der Waals surface area contributed by atoms with E-state index in [1.165, 1.54) is 19.1 Å². The molecule has 1 saturated carbocycles. The number of nitrogens with two attached hydrogens (primary N) is 1. The Balaban J connectivity index is 1.89. The van der Waals surface area contributed by atoms with Crippen molar-refractivity contribution in [1.82, 2.24) is 0 Å². The van der Waals surface area contributed by atoms with Crippen molar-refractivity contribution < 1.29 is 26.7 Å². The summed E-state index contributed by atoms with van der Waals surface area (Å²) < 4.78 is 75.3. The van der Waals surface area contributed by atoms with Crippen molar-refractivity contribution in [2.45, 2.75) is 76.6 Å². The van der Waals surface area contributed by atoms with Crippen LogP contribution in [0.4, 0.5) is 22.0 Å². The predicted molar refractivity (Wildman–Crippen MR) is 108 cm³/mol. The van der Waals surface area contributed by atoms with Crippen LogP contribution in [-0.4, -0.2) is 12.0 Å². The molecule has 0 saturated heterocycles. The summed E-state index contributed by atoms with van der Waals surface area (Å²) in [6.45, 7) is 5.02. The van der Waals surface area contributed by atoms with E-state index in [0.29, 0.717) is 18.2 Å². The van der Waals surface area contributed by atoms with Gasteiger partial charge in [-0.25, -0.2) is 8.78 Å². The molecule has 30 heavy (non-hydrogen) atoms. The van der Waals surface area contributed by atoms with Gasteiger partial charge in [-0.1, -0.05) is 25.1 Å². The van der Waals surface area contributed by atoms with E-state index in [2.05, 4.69) is 0 Å². The van der Waals surface area contributed by atoms with Crippen LogP contribution >= 0.6 is 0 Å². The van der Waals surface area contributed by atoms with Gasteiger partial charge in [-0.05, 0) is 68.0 Å². The molecule has 2 aromatic rings. The number of fused-ring (bicyclic) bond motifs is 1. The molecule has 0 atom stereocenters.